The van der Waals surface area contributed by atoms with Crippen LogP contribution in [-0.4, -0.2) is 42.7 Å². The Bertz CT molecular complexity index is 1320. The molecule has 3 aromatic rings. The molecule has 1 amide bonds. The highest BCUT2D eigenvalue weighted by molar-refractivity contribution is 7.97. The first-order chi connectivity index (χ1) is 19.4. The van der Waals surface area contributed by atoms with Crippen LogP contribution in [0.25, 0.3) is 10.8 Å². The maximum Gasteiger partial charge on any atom is 0.481 e. The molecule has 2 heterocycles. The van der Waals surface area contributed by atoms with Crippen molar-refractivity contribution >= 4 is 35.7 Å². The minimum atomic E-state index is -0.321. The quantitative estimate of drug-likeness (QED) is 0.262. The third-order valence-corrected chi connectivity index (χ3v) is 10.2. The van der Waals surface area contributed by atoms with E-state index in [0.717, 1.165) is 34.4 Å². The molecule has 4 saturated carbocycles. The van der Waals surface area contributed by atoms with E-state index >= 15 is 0 Å². The number of carbonyl (C=O) groups is 1. The first-order valence-corrected chi connectivity index (χ1v) is 15.5. The zero-order chi connectivity index (χ0) is 27.7. The number of rotatable bonds is 8. The number of pyridine rings is 1. The standard InChI is InChI=1S/C25H32BN3O3S.C7H8/c1-25(2)17-11-19(25)24-20(12-17)31-26(32-24)22(10-15-6-7-15)29-23(30)14-28-33-21-5-3-4-16-13-27-9-8-18(16)21;1-7-5-3-2-4-6-7/h3-5,8-9,13,15,17,19-20,22,24,28H,6-7,10-12,14H2,1-2H3,(H,29,30);2-6H,1H3. The van der Waals surface area contributed by atoms with Crippen molar-refractivity contribution in [3.63, 3.8) is 0 Å². The van der Waals surface area contributed by atoms with Gasteiger partial charge in [0.25, 0.3) is 0 Å². The summed E-state index contributed by atoms with van der Waals surface area (Å²) in [5.41, 5.74) is 1.68. The van der Waals surface area contributed by atoms with Crippen molar-refractivity contribution in [1.29, 1.82) is 0 Å². The molecular weight excluding hydrogens is 517 g/mol. The third kappa shape index (κ3) is 6.10. The maximum atomic E-state index is 12.8. The van der Waals surface area contributed by atoms with Crippen LogP contribution in [0.2, 0.25) is 0 Å². The molecule has 1 aromatic heterocycles. The molecule has 2 bridgehead atoms. The van der Waals surface area contributed by atoms with Gasteiger partial charge in [-0.15, -0.1) is 0 Å². The van der Waals surface area contributed by atoms with Gasteiger partial charge in [-0.2, -0.15) is 0 Å². The minimum Gasteiger partial charge on any atom is -0.404 e. The molecule has 8 rings (SSSR count). The Labute approximate surface area is 242 Å². The van der Waals surface area contributed by atoms with E-state index in [1.807, 2.05) is 42.6 Å². The van der Waals surface area contributed by atoms with E-state index in [4.69, 9.17) is 9.31 Å². The van der Waals surface area contributed by atoms with Gasteiger partial charge in [-0.1, -0.05) is 74.7 Å². The molecule has 1 aliphatic heterocycles. The lowest BCUT2D eigenvalue weighted by Gasteiger charge is -2.60. The Morgan fingerprint density at radius 3 is 2.65 bits per heavy atom. The Morgan fingerprint density at radius 2 is 1.93 bits per heavy atom. The zero-order valence-electron chi connectivity index (χ0n) is 23.7. The number of hydrogen-bond donors (Lipinski definition) is 2. The van der Waals surface area contributed by atoms with Crippen molar-refractivity contribution in [3.8, 4) is 0 Å². The lowest BCUT2D eigenvalue weighted by molar-refractivity contribution is -0.150. The Balaban J connectivity index is 0.000000363. The van der Waals surface area contributed by atoms with Crippen molar-refractivity contribution in [2.75, 3.05) is 6.54 Å². The monoisotopic (exact) mass is 557 g/mol. The summed E-state index contributed by atoms with van der Waals surface area (Å²) < 4.78 is 16.1. The second-order valence-corrected chi connectivity index (χ2v) is 13.5. The van der Waals surface area contributed by atoms with Crippen LogP contribution in [0.4, 0.5) is 0 Å². The van der Waals surface area contributed by atoms with Crippen LogP contribution in [0.3, 0.4) is 0 Å². The van der Waals surface area contributed by atoms with E-state index in [2.05, 4.69) is 54.0 Å². The summed E-state index contributed by atoms with van der Waals surface area (Å²) in [6.45, 7) is 7.07. The number of carbonyl (C=O) groups excluding carboxylic acids is 1. The van der Waals surface area contributed by atoms with Gasteiger partial charge in [-0.25, -0.2) is 0 Å². The highest BCUT2D eigenvalue weighted by Gasteiger charge is 2.62. The van der Waals surface area contributed by atoms with Gasteiger partial charge in [-0.05, 0) is 78.8 Å². The number of benzene rings is 2. The Morgan fingerprint density at radius 1 is 1.10 bits per heavy atom. The maximum absolute atomic E-state index is 12.8. The second-order valence-electron chi connectivity index (χ2n) is 12.5. The zero-order valence-corrected chi connectivity index (χ0v) is 24.5. The summed E-state index contributed by atoms with van der Waals surface area (Å²) >= 11 is 1.48. The van der Waals surface area contributed by atoms with Gasteiger partial charge in [0.15, 0.2) is 0 Å². The van der Waals surface area contributed by atoms with Crippen molar-refractivity contribution in [2.45, 2.75) is 75.9 Å². The van der Waals surface area contributed by atoms with Crippen LogP contribution in [0.5, 0.6) is 0 Å². The number of amides is 1. The van der Waals surface area contributed by atoms with Gasteiger partial charge in [0.1, 0.15) is 0 Å². The average molecular weight is 558 g/mol. The molecule has 6 nitrogen and oxygen atoms in total. The number of aryl methyl sites for hydroxylation is 1. The van der Waals surface area contributed by atoms with Gasteiger partial charge in [0, 0.05) is 22.7 Å². The first kappa shape index (κ1) is 27.8. The predicted molar refractivity (Wildman–Crippen MR) is 162 cm³/mol. The second kappa shape index (κ2) is 11.8. The number of nitrogens with zero attached hydrogens (tertiary/aromatic N) is 1. The molecule has 5 fully saturated rings. The van der Waals surface area contributed by atoms with Gasteiger partial charge in [0.05, 0.1) is 24.7 Å². The van der Waals surface area contributed by atoms with E-state index < -0.39 is 0 Å². The van der Waals surface area contributed by atoms with Gasteiger partial charge in [-0.3, -0.25) is 14.5 Å². The van der Waals surface area contributed by atoms with Crippen LogP contribution in [-0.2, 0) is 14.1 Å². The lowest BCUT2D eigenvalue weighted by atomic mass is 9.47. The summed E-state index contributed by atoms with van der Waals surface area (Å²) in [6.07, 6.45) is 9.81. The largest absolute Gasteiger partial charge is 0.481 e. The fraction of sp³-hybridized carbons (Fsp3) is 0.500. The van der Waals surface area contributed by atoms with Gasteiger partial charge in [0.2, 0.25) is 5.91 Å². The summed E-state index contributed by atoms with van der Waals surface area (Å²) in [5, 5.41) is 5.46. The normalized spacial score (nSPS) is 26.7. The highest BCUT2D eigenvalue weighted by Crippen LogP contribution is 2.61. The molecule has 0 radical (unpaired) electrons. The summed E-state index contributed by atoms with van der Waals surface area (Å²) in [4.78, 5) is 18.1. The molecular formula is C32H40BN3O3S. The van der Waals surface area contributed by atoms with Crippen molar-refractivity contribution in [2.24, 2.45) is 23.2 Å². The van der Waals surface area contributed by atoms with Crippen molar-refractivity contribution in [3.05, 3.63) is 72.6 Å². The fourth-order valence-electron chi connectivity index (χ4n) is 6.66. The fourth-order valence-corrected chi connectivity index (χ4v) is 7.46. The Kier molecular flexibility index (Phi) is 8.22. The van der Waals surface area contributed by atoms with Crippen LogP contribution in [0.15, 0.2) is 71.9 Å². The van der Waals surface area contributed by atoms with Crippen LogP contribution < -0.4 is 10.0 Å². The molecule has 5 aliphatic rings. The summed E-state index contributed by atoms with van der Waals surface area (Å²) in [5.74, 6) is 1.92. The van der Waals surface area contributed by atoms with Crippen molar-refractivity contribution in [1.82, 2.24) is 15.0 Å². The number of fused-ring (bicyclic) bond motifs is 1. The predicted octanol–water partition coefficient (Wildman–Crippen LogP) is 5.99. The number of nitrogens with one attached hydrogen (secondary N) is 2. The van der Waals surface area contributed by atoms with E-state index in [1.54, 1.807) is 6.20 Å². The van der Waals surface area contributed by atoms with Gasteiger partial charge >= 0.3 is 7.12 Å². The molecule has 2 aromatic carbocycles. The first-order valence-electron chi connectivity index (χ1n) is 14.7. The van der Waals surface area contributed by atoms with Crippen LogP contribution >= 0.6 is 11.9 Å². The molecule has 2 N–H and O–H groups in total. The van der Waals surface area contributed by atoms with E-state index in [1.165, 1.54) is 36.8 Å². The number of aromatic nitrogens is 1. The minimum absolute atomic E-state index is 0.0123. The van der Waals surface area contributed by atoms with E-state index in [9.17, 15) is 4.79 Å². The third-order valence-electron chi connectivity index (χ3n) is 9.38. The molecule has 5 unspecified atom stereocenters. The molecule has 210 valence electrons. The molecule has 8 heteroatoms. The highest BCUT2D eigenvalue weighted by atomic mass is 32.2. The van der Waals surface area contributed by atoms with Crippen LogP contribution in [0.1, 0.15) is 51.5 Å². The molecule has 0 spiro atoms. The van der Waals surface area contributed by atoms with Crippen molar-refractivity contribution < 1.29 is 14.1 Å². The van der Waals surface area contributed by atoms with E-state index in [-0.39, 0.29) is 37.7 Å². The Hall–Kier alpha value is -2.39. The topological polar surface area (TPSA) is 72.5 Å². The molecule has 1 saturated heterocycles. The SMILES string of the molecule is CC1(C)C2CC3OB(C(CC4CC4)NC(=O)CNSc4cccc5cnccc45)OC3C1C2.Cc1ccccc1. The average Bonchev–Trinajstić information content (AvgIpc) is 3.67. The van der Waals surface area contributed by atoms with E-state index in [0.29, 0.717) is 17.3 Å². The van der Waals surface area contributed by atoms with Gasteiger partial charge < -0.3 is 14.6 Å². The van der Waals surface area contributed by atoms with Crippen LogP contribution in [0, 0.1) is 30.1 Å². The smallest absolute Gasteiger partial charge is 0.404 e. The number of hydrogen-bond acceptors (Lipinski definition) is 6. The summed E-state index contributed by atoms with van der Waals surface area (Å²) in [7, 11) is -0.321. The molecule has 5 atom stereocenters. The summed E-state index contributed by atoms with van der Waals surface area (Å²) in [6, 6.07) is 18.4. The molecule has 4 aliphatic carbocycles. The lowest BCUT2D eigenvalue weighted by Crippen LogP contribution is -2.59. The molecule has 40 heavy (non-hydrogen) atoms.